The van der Waals surface area contributed by atoms with E-state index >= 15 is 0 Å². The quantitative estimate of drug-likeness (QED) is 0.393. The molecule has 4 atom stereocenters. The van der Waals surface area contributed by atoms with Gasteiger partial charge >= 0.3 is 5.97 Å². The average molecular weight is 461 g/mol. The third-order valence-corrected chi connectivity index (χ3v) is 7.27. The van der Waals surface area contributed by atoms with Crippen LogP contribution in [-0.2, 0) is 19.2 Å². The van der Waals surface area contributed by atoms with Crippen molar-refractivity contribution in [2.75, 3.05) is 16.3 Å². The molecule has 2 aromatic rings. The molecule has 2 heterocycles. The zero-order chi connectivity index (χ0) is 24.0. The Hall–Kier alpha value is -3.48. The number of carbonyl (C=O) groups excluding carboxylic acids is 4. The Balaban J connectivity index is 1.24. The van der Waals surface area contributed by atoms with Crippen molar-refractivity contribution < 1.29 is 23.9 Å². The van der Waals surface area contributed by atoms with Gasteiger partial charge in [0.1, 0.15) is 5.75 Å². The molecule has 3 amide bonds. The van der Waals surface area contributed by atoms with Gasteiger partial charge in [0.25, 0.3) is 0 Å². The molecule has 1 saturated carbocycles. The first-order chi connectivity index (χ1) is 16.3. The van der Waals surface area contributed by atoms with E-state index in [4.69, 9.17) is 4.74 Å². The number of benzene rings is 2. The molecule has 0 bridgehead atoms. The molecule has 0 spiro atoms. The summed E-state index contributed by atoms with van der Waals surface area (Å²) in [6.07, 6.45) is 2.57. The lowest BCUT2D eigenvalue weighted by molar-refractivity contribution is -0.139. The summed E-state index contributed by atoms with van der Waals surface area (Å²) in [5, 5.41) is 0. The van der Waals surface area contributed by atoms with Crippen LogP contribution < -0.4 is 14.5 Å². The van der Waals surface area contributed by atoms with Gasteiger partial charge in [-0.05, 0) is 74.1 Å². The number of hydrogen-bond donors (Lipinski definition) is 0. The summed E-state index contributed by atoms with van der Waals surface area (Å²) in [4.78, 5) is 53.9. The Morgan fingerprint density at radius 3 is 2.41 bits per heavy atom. The zero-order valence-corrected chi connectivity index (χ0v) is 19.4. The molecule has 1 aliphatic carbocycles. The minimum atomic E-state index is -0.556. The molecule has 2 saturated heterocycles. The molecule has 0 N–H and O–H groups in total. The molecule has 34 heavy (non-hydrogen) atoms. The molecule has 3 fully saturated rings. The lowest BCUT2D eigenvalue weighted by Crippen LogP contribution is -2.30. The largest absolute Gasteiger partial charge is 0.426 e. The maximum absolute atomic E-state index is 12.9. The van der Waals surface area contributed by atoms with E-state index in [1.165, 1.54) is 4.90 Å². The Labute approximate surface area is 198 Å². The van der Waals surface area contributed by atoms with Gasteiger partial charge in [-0.25, -0.2) is 0 Å². The topological polar surface area (TPSA) is 84.0 Å². The molecular weight excluding hydrogens is 432 g/mol. The van der Waals surface area contributed by atoms with Gasteiger partial charge in [0.05, 0.1) is 23.4 Å². The van der Waals surface area contributed by atoms with Crippen LogP contribution in [0.4, 0.5) is 11.4 Å². The second-order valence-electron chi connectivity index (χ2n) is 9.80. The highest BCUT2D eigenvalue weighted by atomic mass is 16.5. The molecule has 7 nitrogen and oxygen atoms in total. The highest BCUT2D eigenvalue weighted by Gasteiger charge is 2.50. The summed E-state index contributed by atoms with van der Waals surface area (Å²) in [5.74, 6) is -1.08. The number of ether oxygens (including phenoxy) is 1. The number of anilines is 2. The summed E-state index contributed by atoms with van der Waals surface area (Å²) in [6.45, 7) is 4.35. The molecule has 2 aromatic carbocycles. The van der Waals surface area contributed by atoms with E-state index in [1.807, 2.05) is 31.2 Å². The number of carbonyl (C=O) groups is 4. The monoisotopic (exact) mass is 460 g/mol. The van der Waals surface area contributed by atoms with Crippen LogP contribution in [0.5, 0.6) is 5.75 Å². The van der Waals surface area contributed by atoms with Crippen molar-refractivity contribution in [3.8, 4) is 5.75 Å². The Morgan fingerprint density at radius 2 is 1.68 bits per heavy atom. The fraction of sp³-hybridized carbons (Fsp3) is 0.407. The van der Waals surface area contributed by atoms with Crippen LogP contribution in [0.3, 0.4) is 0 Å². The van der Waals surface area contributed by atoms with Crippen LogP contribution in [0.2, 0.25) is 0 Å². The van der Waals surface area contributed by atoms with E-state index in [2.05, 4.69) is 6.92 Å². The maximum atomic E-state index is 12.9. The van der Waals surface area contributed by atoms with Crippen molar-refractivity contribution in [2.24, 2.45) is 23.7 Å². The summed E-state index contributed by atoms with van der Waals surface area (Å²) in [5.41, 5.74) is 2.32. The van der Waals surface area contributed by atoms with E-state index in [9.17, 15) is 19.2 Å². The van der Waals surface area contributed by atoms with Crippen LogP contribution >= 0.6 is 0 Å². The van der Waals surface area contributed by atoms with Crippen molar-refractivity contribution in [3.05, 3.63) is 54.1 Å². The first-order valence-corrected chi connectivity index (χ1v) is 11.9. The van der Waals surface area contributed by atoms with Crippen LogP contribution in [-0.4, -0.2) is 30.2 Å². The summed E-state index contributed by atoms with van der Waals surface area (Å²) in [6, 6.07) is 14.1. The van der Waals surface area contributed by atoms with Crippen molar-refractivity contribution in [2.45, 2.75) is 39.5 Å². The third kappa shape index (κ3) is 4.00. The van der Waals surface area contributed by atoms with Gasteiger partial charge in [0.2, 0.25) is 17.7 Å². The number of rotatable bonds is 4. The number of amides is 3. The van der Waals surface area contributed by atoms with Crippen molar-refractivity contribution >= 4 is 35.1 Å². The van der Waals surface area contributed by atoms with Gasteiger partial charge in [0.15, 0.2) is 0 Å². The lowest BCUT2D eigenvalue weighted by Gasteiger charge is -2.25. The number of fused-ring (bicyclic) bond motifs is 1. The second kappa shape index (κ2) is 8.70. The normalized spacial score (nSPS) is 26.7. The summed E-state index contributed by atoms with van der Waals surface area (Å²) >= 11 is 0. The minimum absolute atomic E-state index is 0.100. The minimum Gasteiger partial charge on any atom is -0.426 e. The van der Waals surface area contributed by atoms with Crippen LogP contribution in [0.1, 0.15) is 38.2 Å². The molecule has 0 radical (unpaired) electrons. The highest BCUT2D eigenvalue weighted by Crippen LogP contribution is 2.42. The summed E-state index contributed by atoms with van der Waals surface area (Å²) < 4.78 is 5.53. The second-order valence-corrected chi connectivity index (χ2v) is 9.80. The molecule has 5 rings (SSSR count). The van der Waals surface area contributed by atoms with Gasteiger partial charge < -0.3 is 9.64 Å². The first kappa shape index (κ1) is 22.3. The summed E-state index contributed by atoms with van der Waals surface area (Å²) in [7, 11) is 0. The van der Waals surface area contributed by atoms with Crippen LogP contribution in [0.25, 0.3) is 0 Å². The van der Waals surface area contributed by atoms with E-state index in [0.717, 1.165) is 30.5 Å². The van der Waals surface area contributed by atoms with Crippen molar-refractivity contribution in [1.82, 2.24) is 0 Å². The van der Waals surface area contributed by atoms with Gasteiger partial charge in [-0.15, -0.1) is 0 Å². The number of aryl methyl sites for hydroxylation is 1. The Kier molecular flexibility index (Phi) is 5.71. The zero-order valence-electron chi connectivity index (χ0n) is 19.4. The number of hydrogen-bond acceptors (Lipinski definition) is 5. The predicted octanol–water partition coefficient (Wildman–Crippen LogP) is 3.88. The maximum Gasteiger partial charge on any atom is 0.316 e. The van der Waals surface area contributed by atoms with Gasteiger partial charge in [-0.1, -0.05) is 19.1 Å². The lowest BCUT2D eigenvalue weighted by atomic mass is 9.76. The number of esters is 1. The standard InChI is InChI=1S/C27H28N2O5/c1-16-4-3-5-20(12-16)28-15-18(14-24(28)30)27(33)34-21-9-7-19(8-10-21)29-25(31)22-11-6-17(2)13-23(22)26(29)32/h3-5,7-10,12,17-18,22-23H,6,11,13-15H2,1-2H3/t17-,18-,22+,23-/m0/s1. The first-order valence-electron chi connectivity index (χ1n) is 11.9. The van der Waals surface area contributed by atoms with Gasteiger partial charge in [-0.3, -0.25) is 24.1 Å². The fourth-order valence-electron chi connectivity index (χ4n) is 5.42. The molecule has 7 heteroatoms. The highest BCUT2D eigenvalue weighted by molar-refractivity contribution is 6.22. The van der Waals surface area contributed by atoms with Crippen LogP contribution in [0, 0.1) is 30.6 Å². The van der Waals surface area contributed by atoms with E-state index in [-0.39, 0.29) is 42.5 Å². The SMILES string of the molecule is Cc1cccc(N2C[C@@H](C(=O)Oc3ccc(N4C(=O)[C@H]5C[C@@H](C)CC[C@H]5C4=O)cc3)CC2=O)c1. The van der Waals surface area contributed by atoms with Gasteiger partial charge in [-0.2, -0.15) is 0 Å². The van der Waals surface area contributed by atoms with Crippen molar-refractivity contribution in [3.63, 3.8) is 0 Å². The third-order valence-electron chi connectivity index (χ3n) is 7.27. The Bertz CT molecular complexity index is 1160. The number of imide groups is 1. The molecule has 176 valence electrons. The number of nitrogens with zero attached hydrogens (tertiary/aromatic N) is 2. The smallest absolute Gasteiger partial charge is 0.316 e. The fourth-order valence-corrected chi connectivity index (χ4v) is 5.42. The molecule has 2 aliphatic heterocycles. The molecule has 0 unspecified atom stereocenters. The van der Waals surface area contributed by atoms with E-state index in [1.54, 1.807) is 29.2 Å². The predicted molar refractivity (Wildman–Crippen MR) is 126 cm³/mol. The van der Waals surface area contributed by atoms with E-state index in [0.29, 0.717) is 17.4 Å². The van der Waals surface area contributed by atoms with Crippen LogP contribution in [0.15, 0.2) is 48.5 Å². The van der Waals surface area contributed by atoms with E-state index < -0.39 is 11.9 Å². The molecule has 3 aliphatic rings. The van der Waals surface area contributed by atoms with Crippen molar-refractivity contribution in [1.29, 1.82) is 0 Å². The molecular formula is C27H28N2O5. The average Bonchev–Trinajstić information content (AvgIpc) is 3.32. The van der Waals surface area contributed by atoms with Gasteiger partial charge in [0, 0.05) is 18.7 Å². The Morgan fingerprint density at radius 1 is 0.941 bits per heavy atom. The molecule has 0 aromatic heterocycles.